The van der Waals surface area contributed by atoms with Crippen molar-refractivity contribution in [3.05, 3.63) is 119 Å². The first-order valence-corrected chi connectivity index (χ1v) is 11.9. The van der Waals surface area contributed by atoms with Crippen molar-refractivity contribution in [1.82, 2.24) is 0 Å². The molecule has 6 rings (SSSR count). The molecule has 0 amide bonds. The summed E-state index contributed by atoms with van der Waals surface area (Å²) in [7, 11) is 0. The molecule has 2 heteroatoms. The van der Waals surface area contributed by atoms with Gasteiger partial charge in [-0.15, -0.1) is 0 Å². The molecule has 0 spiro atoms. The van der Waals surface area contributed by atoms with Crippen LogP contribution >= 0.6 is 0 Å². The molecule has 0 heterocycles. The van der Waals surface area contributed by atoms with Crippen LogP contribution in [0.15, 0.2) is 97.1 Å². The Hall–Kier alpha value is -3.65. The smallest absolute Gasteiger partial charge is 0.304 e. The Morgan fingerprint density at radius 1 is 0.647 bits per heavy atom. The second kappa shape index (κ2) is 6.93. The van der Waals surface area contributed by atoms with E-state index in [1.807, 2.05) is 0 Å². The fourth-order valence-electron chi connectivity index (χ4n) is 7.19. The summed E-state index contributed by atoms with van der Waals surface area (Å²) < 4.78 is 0. The first-order chi connectivity index (χ1) is 16.3. The first-order valence-electron chi connectivity index (χ1n) is 11.9. The van der Waals surface area contributed by atoms with E-state index in [1.165, 1.54) is 22.3 Å². The van der Waals surface area contributed by atoms with Gasteiger partial charge in [-0.25, -0.2) is 0 Å². The average molecular weight is 445 g/mol. The lowest BCUT2D eigenvalue weighted by Gasteiger charge is -2.55. The molecule has 0 radical (unpaired) electrons. The molecule has 0 bridgehead atoms. The first kappa shape index (κ1) is 20.9. The summed E-state index contributed by atoms with van der Waals surface area (Å²) in [5.41, 5.74) is 7.98. The number of hydrogen-bond donors (Lipinski definition) is 1. The van der Waals surface area contributed by atoms with Gasteiger partial charge < -0.3 is 5.11 Å². The van der Waals surface area contributed by atoms with Crippen molar-refractivity contribution in [2.75, 3.05) is 0 Å². The van der Waals surface area contributed by atoms with Crippen LogP contribution < -0.4 is 0 Å². The molecule has 2 aliphatic rings. The van der Waals surface area contributed by atoms with Gasteiger partial charge in [0.2, 0.25) is 0 Å². The Bertz CT molecular complexity index is 1370. The van der Waals surface area contributed by atoms with E-state index in [2.05, 4.69) is 118 Å². The molecule has 4 aromatic carbocycles. The summed E-state index contributed by atoms with van der Waals surface area (Å²) in [6.45, 7) is 6.90. The quantitative estimate of drug-likeness (QED) is 0.355. The number of aliphatic carboxylic acids is 1. The molecule has 0 aromatic heterocycles. The molecule has 0 unspecified atom stereocenters. The van der Waals surface area contributed by atoms with Crippen molar-refractivity contribution in [2.45, 2.75) is 38.0 Å². The average Bonchev–Trinajstić information content (AvgIpc) is 3.29. The number of fused-ring (bicyclic) bond motifs is 6. The molecule has 4 aromatic rings. The maximum Gasteiger partial charge on any atom is 0.304 e. The van der Waals surface area contributed by atoms with Gasteiger partial charge in [0, 0.05) is 10.8 Å². The van der Waals surface area contributed by atoms with Crippen molar-refractivity contribution in [3.63, 3.8) is 0 Å². The third-order valence-corrected chi connectivity index (χ3v) is 9.02. The Morgan fingerprint density at radius 3 is 1.35 bits per heavy atom. The van der Waals surface area contributed by atoms with Gasteiger partial charge in [-0.05, 0) is 49.9 Å². The highest BCUT2D eigenvalue weighted by atomic mass is 16.4. The number of benzene rings is 4. The van der Waals surface area contributed by atoms with E-state index in [0.29, 0.717) is 0 Å². The van der Waals surface area contributed by atoms with Gasteiger partial charge in [0.15, 0.2) is 0 Å². The van der Waals surface area contributed by atoms with Crippen LogP contribution in [0.25, 0.3) is 22.3 Å². The largest absolute Gasteiger partial charge is 0.481 e. The van der Waals surface area contributed by atoms with Gasteiger partial charge in [0.1, 0.15) is 0 Å². The molecule has 0 saturated heterocycles. The van der Waals surface area contributed by atoms with Crippen molar-refractivity contribution in [1.29, 1.82) is 0 Å². The van der Waals surface area contributed by atoms with E-state index in [1.54, 1.807) is 0 Å². The topological polar surface area (TPSA) is 37.3 Å². The van der Waals surface area contributed by atoms with E-state index >= 15 is 0 Å². The Balaban J connectivity index is 1.74. The molecule has 0 aliphatic heterocycles. The zero-order valence-electron chi connectivity index (χ0n) is 19.8. The van der Waals surface area contributed by atoms with Gasteiger partial charge in [0.25, 0.3) is 0 Å². The summed E-state index contributed by atoms with van der Waals surface area (Å²) in [6.07, 6.45) is 0.0357. The molecule has 2 aliphatic carbocycles. The van der Waals surface area contributed by atoms with Crippen LogP contribution in [0.1, 0.15) is 49.4 Å². The highest BCUT2D eigenvalue weighted by Gasteiger charge is 2.63. The van der Waals surface area contributed by atoms with Crippen LogP contribution in [0, 0.1) is 5.41 Å². The van der Waals surface area contributed by atoms with Gasteiger partial charge in [-0.1, -0.05) is 118 Å². The highest BCUT2D eigenvalue weighted by Crippen LogP contribution is 2.68. The van der Waals surface area contributed by atoms with Crippen molar-refractivity contribution in [2.24, 2.45) is 5.41 Å². The van der Waals surface area contributed by atoms with Crippen molar-refractivity contribution < 1.29 is 9.90 Å². The normalized spacial score (nSPS) is 16.3. The van der Waals surface area contributed by atoms with Gasteiger partial charge in [-0.3, -0.25) is 4.79 Å². The third kappa shape index (κ3) is 2.33. The van der Waals surface area contributed by atoms with Crippen LogP contribution in [-0.4, -0.2) is 11.1 Å². The fourth-order valence-corrected chi connectivity index (χ4v) is 7.19. The zero-order valence-corrected chi connectivity index (χ0v) is 19.8. The van der Waals surface area contributed by atoms with Crippen LogP contribution in [0.5, 0.6) is 0 Å². The lowest BCUT2D eigenvalue weighted by atomic mass is 9.46. The zero-order chi connectivity index (χ0) is 23.7. The SMILES string of the molecule is CC1(C(C)(C)C2(CC(=O)O)c3ccccc3-c3ccccc32)c2ccccc2-c2ccccc21. The van der Waals surface area contributed by atoms with Crippen LogP contribution in [0.3, 0.4) is 0 Å². The minimum atomic E-state index is -0.775. The molecular formula is C32H28O2. The predicted molar refractivity (Wildman–Crippen MR) is 137 cm³/mol. The molecule has 1 N–H and O–H groups in total. The lowest BCUT2D eigenvalue weighted by molar-refractivity contribution is -0.139. The predicted octanol–water partition coefficient (Wildman–Crippen LogP) is 7.44. The van der Waals surface area contributed by atoms with Gasteiger partial charge in [0.05, 0.1) is 6.42 Å². The van der Waals surface area contributed by atoms with E-state index in [-0.39, 0.29) is 6.42 Å². The number of carboxylic acids is 1. The second-order valence-corrected chi connectivity index (χ2v) is 10.4. The van der Waals surface area contributed by atoms with Crippen molar-refractivity contribution in [3.8, 4) is 22.3 Å². The number of rotatable bonds is 4. The summed E-state index contributed by atoms with van der Waals surface area (Å²) in [6, 6.07) is 34.1. The Morgan fingerprint density at radius 2 is 0.971 bits per heavy atom. The van der Waals surface area contributed by atoms with Crippen molar-refractivity contribution >= 4 is 5.97 Å². The monoisotopic (exact) mass is 444 g/mol. The summed E-state index contributed by atoms with van der Waals surface area (Å²) in [5.74, 6) is -0.775. The Labute approximate surface area is 200 Å². The molecule has 0 fully saturated rings. The number of carboxylic acid groups (broad SMARTS) is 1. The number of hydrogen-bond acceptors (Lipinski definition) is 1. The standard InChI is InChI=1S/C32H28O2/c1-30(2,31(3)25-16-8-4-12-21(25)22-13-5-9-17-26(22)31)32(20-29(33)34)27-18-10-6-14-23(27)24-15-7-11-19-28(24)32/h4-19H,20H2,1-3H3,(H,33,34). The van der Waals surface area contributed by atoms with Crippen LogP contribution in [-0.2, 0) is 15.6 Å². The minimum Gasteiger partial charge on any atom is -0.481 e. The molecule has 0 saturated carbocycles. The van der Waals surface area contributed by atoms with E-state index in [0.717, 1.165) is 22.3 Å². The van der Waals surface area contributed by atoms with E-state index < -0.39 is 22.2 Å². The van der Waals surface area contributed by atoms with Crippen LogP contribution in [0.4, 0.5) is 0 Å². The summed E-state index contributed by atoms with van der Waals surface area (Å²) in [5, 5.41) is 10.4. The molecule has 0 atom stereocenters. The maximum atomic E-state index is 12.6. The molecule has 168 valence electrons. The third-order valence-electron chi connectivity index (χ3n) is 9.02. The minimum absolute atomic E-state index is 0.0357. The van der Waals surface area contributed by atoms with Gasteiger partial charge >= 0.3 is 5.97 Å². The lowest BCUT2D eigenvalue weighted by Crippen LogP contribution is -2.54. The fraction of sp³-hybridized carbons (Fsp3) is 0.219. The van der Waals surface area contributed by atoms with Crippen LogP contribution in [0.2, 0.25) is 0 Å². The van der Waals surface area contributed by atoms with Gasteiger partial charge in [-0.2, -0.15) is 0 Å². The summed E-state index contributed by atoms with van der Waals surface area (Å²) in [4.78, 5) is 12.6. The maximum absolute atomic E-state index is 12.6. The summed E-state index contributed by atoms with van der Waals surface area (Å²) >= 11 is 0. The van der Waals surface area contributed by atoms with E-state index in [4.69, 9.17) is 0 Å². The number of carbonyl (C=O) groups is 1. The second-order valence-electron chi connectivity index (χ2n) is 10.4. The molecule has 34 heavy (non-hydrogen) atoms. The molecule has 2 nitrogen and oxygen atoms in total. The molecular weight excluding hydrogens is 416 g/mol. The highest BCUT2D eigenvalue weighted by molar-refractivity contribution is 5.87. The Kier molecular flexibility index (Phi) is 4.26. The van der Waals surface area contributed by atoms with E-state index in [9.17, 15) is 9.90 Å².